The SMILES string of the molecule is N#Cc1ccc(NC(=O)CC[C@H]2Cc3ccccc3NC2=O)cc1. The quantitative estimate of drug-likeness (QED) is 0.908. The number of benzene rings is 2. The minimum absolute atomic E-state index is 0.0279. The summed E-state index contributed by atoms with van der Waals surface area (Å²) in [5, 5.41) is 14.4. The van der Waals surface area contributed by atoms with Gasteiger partial charge in [0.15, 0.2) is 0 Å². The van der Waals surface area contributed by atoms with E-state index in [1.54, 1.807) is 24.3 Å². The Bertz CT molecular complexity index is 806. The number of rotatable bonds is 4. The Balaban J connectivity index is 1.54. The number of anilines is 2. The molecule has 0 aliphatic carbocycles. The van der Waals surface area contributed by atoms with E-state index in [4.69, 9.17) is 5.26 Å². The highest BCUT2D eigenvalue weighted by molar-refractivity contribution is 5.96. The number of hydrogen-bond acceptors (Lipinski definition) is 3. The maximum Gasteiger partial charge on any atom is 0.227 e. The van der Waals surface area contributed by atoms with Crippen LogP contribution in [0.15, 0.2) is 48.5 Å². The fourth-order valence-corrected chi connectivity index (χ4v) is 2.80. The fourth-order valence-electron chi connectivity index (χ4n) is 2.80. The van der Waals surface area contributed by atoms with Crippen LogP contribution < -0.4 is 10.6 Å². The maximum absolute atomic E-state index is 12.1. The Morgan fingerprint density at radius 1 is 1.21 bits per heavy atom. The molecule has 0 fully saturated rings. The molecule has 1 atom stereocenters. The number of nitriles is 1. The van der Waals surface area contributed by atoms with E-state index in [9.17, 15) is 9.59 Å². The van der Waals surface area contributed by atoms with Crippen LogP contribution in [0.3, 0.4) is 0 Å². The van der Waals surface area contributed by atoms with Crippen molar-refractivity contribution < 1.29 is 9.59 Å². The third-order valence-electron chi connectivity index (χ3n) is 4.13. The molecule has 3 rings (SSSR count). The lowest BCUT2D eigenvalue weighted by Crippen LogP contribution is -2.30. The molecule has 1 heterocycles. The van der Waals surface area contributed by atoms with Crippen molar-refractivity contribution in [1.29, 1.82) is 5.26 Å². The Morgan fingerprint density at radius 2 is 1.96 bits per heavy atom. The van der Waals surface area contributed by atoms with E-state index < -0.39 is 0 Å². The van der Waals surface area contributed by atoms with Crippen molar-refractivity contribution in [2.24, 2.45) is 5.92 Å². The van der Waals surface area contributed by atoms with Crippen LogP contribution in [0.4, 0.5) is 11.4 Å². The number of hydrogen-bond donors (Lipinski definition) is 2. The topological polar surface area (TPSA) is 82.0 Å². The zero-order chi connectivity index (χ0) is 16.9. The first kappa shape index (κ1) is 15.8. The van der Waals surface area contributed by atoms with Crippen molar-refractivity contribution in [3.8, 4) is 6.07 Å². The van der Waals surface area contributed by atoms with Crippen molar-refractivity contribution in [2.75, 3.05) is 10.6 Å². The number of nitrogens with zero attached hydrogens (tertiary/aromatic N) is 1. The van der Waals surface area contributed by atoms with Gasteiger partial charge < -0.3 is 10.6 Å². The molecule has 24 heavy (non-hydrogen) atoms. The molecule has 2 aromatic rings. The Morgan fingerprint density at radius 3 is 2.71 bits per heavy atom. The number of carbonyl (C=O) groups is 2. The van der Waals surface area contributed by atoms with Gasteiger partial charge in [-0.2, -0.15) is 5.26 Å². The summed E-state index contributed by atoms with van der Waals surface area (Å²) in [6, 6.07) is 16.5. The lowest BCUT2D eigenvalue weighted by molar-refractivity contribution is -0.121. The highest BCUT2D eigenvalue weighted by atomic mass is 16.2. The standard InChI is InChI=1S/C19H17N3O2/c20-12-13-5-8-16(9-6-13)21-18(23)10-7-15-11-14-3-1-2-4-17(14)22-19(15)24/h1-6,8-9,15H,7,10-11H2,(H,21,23)(H,22,24)/t15-/m0/s1. The largest absolute Gasteiger partial charge is 0.326 e. The molecule has 0 saturated carbocycles. The van der Waals surface area contributed by atoms with Crippen LogP contribution in [-0.4, -0.2) is 11.8 Å². The monoisotopic (exact) mass is 319 g/mol. The summed E-state index contributed by atoms with van der Waals surface area (Å²) in [7, 11) is 0. The second-order valence-corrected chi connectivity index (χ2v) is 5.82. The molecule has 0 spiro atoms. The summed E-state index contributed by atoms with van der Waals surface area (Å²) in [5.41, 5.74) is 3.17. The average Bonchev–Trinajstić information content (AvgIpc) is 2.60. The molecule has 120 valence electrons. The Hall–Kier alpha value is -3.13. The number of fused-ring (bicyclic) bond motifs is 1. The molecular weight excluding hydrogens is 302 g/mol. The first-order chi connectivity index (χ1) is 11.7. The van der Waals surface area contributed by atoms with E-state index >= 15 is 0 Å². The molecule has 0 aromatic heterocycles. The predicted molar refractivity (Wildman–Crippen MR) is 91.3 cm³/mol. The third kappa shape index (κ3) is 3.61. The first-order valence-corrected chi connectivity index (χ1v) is 7.84. The molecular formula is C19H17N3O2. The molecule has 5 nitrogen and oxygen atoms in total. The van der Waals surface area contributed by atoms with E-state index in [-0.39, 0.29) is 24.2 Å². The van der Waals surface area contributed by atoms with E-state index in [0.717, 1.165) is 11.3 Å². The molecule has 1 aliphatic rings. The second kappa shape index (κ2) is 6.97. The molecule has 2 aromatic carbocycles. The highest BCUT2D eigenvalue weighted by Crippen LogP contribution is 2.27. The zero-order valence-electron chi connectivity index (χ0n) is 13.1. The van der Waals surface area contributed by atoms with Gasteiger partial charge in [-0.25, -0.2) is 0 Å². The van der Waals surface area contributed by atoms with Gasteiger partial charge in [0, 0.05) is 23.7 Å². The predicted octanol–water partition coefficient (Wildman–Crippen LogP) is 3.09. The van der Waals surface area contributed by atoms with Gasteiger partial charge in [-0.3, -0.25) is 9.59 Å². The van der Waals surface area contributed by atoms with Crippen LogP contribution in [-0.2, 0) is 16.0 Å². The molecule has 0 radical (unpaired) electrons. The van der Waals surface area contributed by atoms with Gasteiger partial charge in [0.05, 0.1) is 11.6 Å². The van der Waals surface area contributed by atoms with Crippen LogP contribution in [0.1, 0.15) is 24.0 Å². The van der Waals surface area contributed by atoms with Gasteiger partial charge in [-0.1, -0.05) is 18.2 Å². The molecule has 0 saturated heterocycles. The van der Waals surface area contributed by atoms with Crippen LogP contribution in [0, 0.1) is 17.2 Å². The van der Waals surface area contributed by atoms with E-state index in [2.05, 4.69) is 10.6 Å². The lowest BCUT2D eigenvalue weighted by Gasteiger charge is -2.24. The molecule has 1 aliphatic heterocycles. The van der Waals surface area contributed by atoms with E-state index in [1.807, 2.05) is 30.3 Å². The molecule has 0 unspecified atom stereocenters. The van der Waals surface area contributed by atoms with Crippen molar-refractivity contribution >= 4 is 23.2 Å². The number of nitrogens with one attached hydrogen (secondary N) is 2. The van der Waals surface area contributed by atoms with Gasteiger partial charge in [0.1, 0.15) is 0 Å². The number of carbonyl (C=O) groups excluding carboxylic acids is 2. The van der Waals surface area contributed by atoms with Gasteiger partial charge >= 0.3 is 0 Å². The van der Waals surface area contributed by atoms with Crippen molar-refractivity contribution in [3.05, 3.63) is 59.7 Å². The van der Waals surface area contributed by atoms with Crippen molar-refractivity contribution in [3.63, 3.8) is 0 Å². The number of amides is 2. The van der Waals surface area contributed by atoms with Crippen LogP contribution in [0.5, 0.6) is 0 Å². The van der Waals surface area contributed by atoms with Gasteiger partial charge in [0.25, 0.3) is 0 Å². The van der Waals surface area contributed by atoms with E-state index in [0.29, 0.717) is 24.1 Å². The summed E-state index contributed by atoms with van der Waals surface area (Å²) in [6.45, 7) is 0. The summed E-state index contributed by atoms with van der Waals surface area (Å²) in [6.07, 6.45) is 1.44. The van der Waals surface area contributed by atoms with Crippen molar-refractivity contribution in [1.82, 2.24) is 0 Å². The smallest absolute Gasteiger partial charge is 0.227 e. The van der Waals surface area contributed by atoms with E-state index in [1.165, 1.54) is 0 Å². The van der Waals surface area contributed by atoms with Crippen LogP contribution in [0.25, 0.3) is 0 Å². The molecule has 0 bridgehead atoms. The first-order valence-electron chi connectivity index (χ1n) is 7.84. The van der Waals surface area contributed by atoms with Gasteiger partial charge in [-0.05, 0) is 48.7 Å². The Labute approximate surface area is 140 Å². The molecule has 2 amide bonds. The van der Waals surface area contributed by atoms with Gasteiger partial charge in [0.2, 0.25) is 11.8 Å². The minimum Gasteiger partial charge on any atom is -0.326 e. The normalized spacial score (nSPS) is 15.8. The summed E-state index contributed by atoms with van der Waals surface area (Å²) < 4.78 is 0. The molecule has 2 N–H and O–H groups in total. The average molecular weight is 319 g/mol. The van der Waals surface area contributed by atoms with Crippen LogP contribution in [0.2, 0.25) is 0 Å². The summed E-state index contributed by atoms with van der Waals surface area (Å²) in [5.74, 6) is -0.349. The maximum atomic E-state index is 12.1. The zero-order valence-corrected chi connectivity index (χ0v) is 13.1. The fraction of sp³-hybridized carbons (Fsp3) is 0.211. The third-order valence-corrected chi connectivity index (χ3v) is 4.13. The summed E-state index contributed by atoms with van der Waals surface area (Å²) >= 11 is 0. The lowest BCUT2D eigenvalue weighted by atomic mass is 9.89. The second-order valence-electron chi connectivity index (χ2n) is 5.82. The molecule has 5 heteroatoms. The summed E-state index contributed by atoms with van der Waals surface area (Å²) in [4.78, 5) is 24.2. The van der Waals surface area contributed by atoms with Crippen LogP contribution >= 0.6 is 0 Å². The number of para-hydroxylation sites is 1. The van der Waals surface area contributed by atoms with Gasteiger partial charge in [-0.15, -0.1) is 0 Å². The highest BCUT2D eigenvalue weighted by Gasteiger charge is 2.26. The minimum atomic E-state index is -0.188. The van der Waals surface area contributed by atoms with Crippen molar-refractivity contribution in [2.45, 2.75) is 19.3 Å². The Kier molecular flexibility index (Phi) is 4.57.